The van der Waals surface area contributed by atoms with Gasteiger partial charge in [-0.3, -0.25) is 4.79 Å². The molecule has 0 spiro atoms. The average Bonchev–Trinajstić information content (AvgIpc) is 3.32. The van der Waals surface area contributed by atoms with Crippen molar-refractivity contribution >= 4 is 21.8 Å². The third kappa shape index (κ3) is 3.24. The summed E-state index contributed by atoms with van der Waals surface area (Å²) in [5.41, 5.74) is 2.74. The maximum absolute atomic E-state index is 12.7. The van der Waals surface area contributed by atoms with Crippen LogP contribution < -0.4 is 5.32 Å². The highest BCUT2D eigenvalue weighted by atomic mass is 79.9. The standard InChI is InChI=1S/C20H18BrN3O/c21-17-8-6-16(7-9-17)20(10-11-20)19(25)22-12-15-13-23-24(14-15)18-4-2-1-3-5-18/h1-9,13-14H,10-12H2,(H,22,25). The number of carbonyl (C=O) groups excluding carboxylic acids is 1. The second-order valence-corrected chi connectivity index (χ2v) is 7.32. The van der Waals surface area contributed by atoms with E-state index < -0.39 is 0 Å². The van der Waals surface area contributed by atoms with Gasteiger partial charge >= 0.3 is 0 Å². The summed E-state index contributed by atoms with van der Waals surface area (Å²) in [5.74, 6) is 0.0993. The van der Waals surface area contributed by atoms with Crippen LogP contribution in [0.25, 0.3) is 5.69 Å². The van der Waals surface area contributed by atoms with E-state index in [1.807, 2.05) is 65.5 Å². The van der Waals surface area contributed by atoms with Gasteiger partial charge in [0.05, 0.1) is 17.3 Å². The lowest BCUT2D eigenvalue weighted by Gasteiger charge is -2.15. The molecule has 0 unspecified atom stereocenters. The van der Waals surface area contributed by atoms with Gasteiger partial charge in [-0.1, -0.05) is 46.3 Å². The van der Waals surface area contributed by atoms with Crippen LogP contribution in [0.3, 0.4) is 0 Å². The van der Waals surface area contributed by atoms with Crippen LogP contribution in [0.1, 0.15) is 24.0 Å². The Morgan fingerprint density at radius 2 is 1.84 bits per heavy atom. The first-order valence-corrected chi connectivity index (χ1v) is 9.10. The minimum atomic E-state index is -0.351. The lowest BCUT2D eigenvalue weighted by Crippen LogP contribution is -2.34. The van der Waals surface area contributed by atoms with E-state index in [2.05, 4.69) is 26.3 Å². The summed E-state index contributed by atoms with van der Waals surface area (Å²) in [7, 11) is 0. The molecule has 1 N–H and O–H groups in total. The van der Waals surface area contributed by atoms with Crippen molar-refractivity contribution in [1.29, 1.82) is 0 Å². The van der Waals surface area contributed by atoms with Gasteiger partial charge in [0.1, 0.15) is 0 Å². The maximum atomic E-state index is 12.7. The van der Waals surface area contributed by atoms with Crippen LogP contribution in [0.15, 0.2) is 71.5 Å². The van der Waals surface area contributed by atoms with Crippen molar-refractivity contribution in [2.45, 2.75) is 24.8 Å². The Hall–Kier alpha value is -2.40. The third-order valence-electron chi connectivity index (χ3n) is 4.69. The summed E-state index contributed by atoms with van der Waals surface area (Å²) in [5, 5.41) is 7.45. The van der Waals surface area contributed by atoms with Gasteiger partial charge in [0.25, 0.3) is 0 Å². The summed E-state index contributed by atoms with van der Waals surface area (Å²) < 4.78 is 2.85. The summed E-state index contributed by atoms with van der Waals surface area (Å²) >= 11 is 3.44. The molecule has 4 nitrogen and oxygen atoms in total. The number of halogens is 1. The normalized spacial score (nSPS) is 14.9. The largest absolute Gasteiger partial charge is 0.351 e. The first kappa shape index (κ1) is 16.1. The molecule has 0 radical (unpaired) electrons. The number of carbonyl (C=O) groups is 1. The highest BCUT2D eigenvalue weighted by Gasteiger charge is 2.51. The van der Waals surface area contributed by atoms with Crippen LogP contribution >= 0.6 is 15.9 Å². The molecule has 0 atom stereocenters. The monoisotopic (exact) mass is 395 g/mol. The van der Waals surface area contributed by atoms with Crippen molar-refractivity contribution in [2.24, 2.45) is 0 Å². The summed E-state index contributed by atoms with van der Waals surface area (Å²) in [6.07, 6.45) is 5.56. The fourth-order valence-corrected chi connectivity index (χ4v) is 3.33. The molecular formula is C20H18BrN3O. The number of benzene rings is 2. The van der Waals surface area contributed by atoms with Crippen LogP contribution in [0, 0.1) is 0 Å². The Balaban J connectivity index is 1.43. The smallest absolute Gasteiger partial charge is 0.230 e. The van der Waals surface area contributed by atoms with Crippen molar-refractivity contribution in [3.05, 3.63) is 82.6 Å². The fraction of sp³-hybridized carbons (Fsp3) is 0.200. The van der Waals surface area contributed by atoms with Crippen LogP contribution in [0.2, 0.25) is 0 Å². The summed E-state index contributed by atoms with van der Waals surface area (Å²) in [4.78, 5) is 12.7. The van der Waals surface area contributed by atoms with E-state index in [0.29, 0.717) is 6.54 Å². The maximum Gasteiger partial charge on any atom is 0.230 e. The van der Waals surface area contributed by atoms with E-state index in [-0.39, 0.29) is 11.3 Å². The molecule has 5 heteroatoms. The van der Waals surface area contributed by atoms with Crippen LogP contribution in [-0.4, -0.2) is 15.7 Å². The van der Waals surface area contributed by atoms with E-state index in [1.165, 1.54) is 0 Å². The Morgan fingerprint density at radius 3 is 2.52 bits per heavy atom. The van der Waals surface area contributed by atoms with Gasteiger partial charge in [0, 0.05) is 22.8 Å². The Morgan fingerprint density at radius 1 is 1.12 bits per heavy atom. The van der Waals surface area contributed by atoms with Crippen LogP contribution in [0.5, 0.6) is 0 Å². The molecular weight excluding hydrogens is 378 g/mol. The van der Waals surface area contributed by atoms with Crippen molar-refractivity contribution < 1.29 is 4.79 Å². The molecule has 3 aromatic rings. The van der Waals surface area contributed by atoms with Crippen LogP contribution in [0.4, 0.5) is 0 Å². The minimum absolute atomic E-state index is 0.0993. The second kappa shape index (κ2) is 6.48. The molecule has 1 saturated carbocycles. The molecule has 126 valence electrons. The van der Waals surface area contributed by atoms with E-state index in [1.54, 1.807) is 6.20 Å². The van der Waals surface area contributed by atoms with E-state index >= 15 is 0 Å². The Labute approximate surface area is 155 Å². The van der Waals surface area contributed by atoms with E-state index in [4.69, 9.17) is 0 Å². The first-order valence-electron chi connectivity index (χ1n) is 8.31. The van der Waals surface area contributed by atoms with Crippen molar-refractivity contribution in [3.8, 4) is 5.69 Å². The molecule has 1 heterocycles. The lowest BCUT2D eigenvalue weighted by atomic mass is 9.95. The average molecular weight is 396 g/mol. The zero-order valence-corrected chi connectivity index (χ0v) is 15.2. The van der Waals surface area contributed by atoms with Crippen molar-refractivity contribution in [3.63, 3.8) is 0 Å². The second-order valence-electron chi connectivity index (χ2n) is 6.40. The predicted molar refractivity (Wildman–Crippen MR) is 100 cm³/mol. The van der Waals surface area contributed by atoms with Gasteiger partial charge in [0.2, 0.25) is 5.91 Å². The zero-order valence-electron chi connectivity index (χ0n) is 13.7. The van der Waals surface area contributed by atoms with E-state index in [0.717, 1.165) is 34.1 Å². The molecule has 25 heavy (non-hydrogen) atoms. The molecule has 1 amide bonds. The Bertz CT molecular complexity index is 883. The predicted octanol–water partition coefficient (Wildman–Crippen LogP) is 3.98. The summed E-state index contributed by atoms with van der Waals surface area (Å²) in [6, 6.07) is 18.0. The van der Waals surface area contributed by atoms with Gasteiger partial charge in [-0.05, 0) is 42.7 Å². The highest BCUT2D eigenvalue weighted by molar-refractivity contribution is 9.10. The van der Waals surface area contributed by atoms with Gasteiger partial charge in [0.15, 0.2) is 0 Å². The van der Waals surface area contributed by atoms with Gasteiger partial charge in [-0.25, -0.2) is 4.68 Å². The number of para-hydroxylation sites is 1. The SMILES string of the molecule is O=C(NCc1cnn(-c2ccccc2)c1)C1(c2ccc(Br)cc2)CC1. The molecule has 0 bridgehead atoms. The third-order valence-corrected chi connectivity index (χ3v) is 5.22. The number of nitrogens with zero attached hydrogens (tertiary/aromatic N) is 2. The quantitative estimate of drug-likeness (QED) is 0.709. The first-order chi connectivity index (χ1) is 12.2. The molecule has 1 aliphatic carbocycles. The van der Waals surface area contributed by atoms with Gasteiger partial charge in [-0.15, -0.1) is 0 Å². The lowest BCUT2D eigenvalue weighted by molar-refractivity contribution is -0.123. The number of aromatic nitrogens is 2. The molecule has 1 aromatic heterocycles. The molecule has 0 aliphatic heterocycles. The van der Waals surface area contributed by atoms with E-state index in [9.17, 15) is 4.79 Å². The fourth-order valence-electron chi connectivity index (χ4n) is 3.07. The molecule has 1 fully saturated rings. The number of amides is 1. The molecule has 4 rings (SSSR count). The highest BCUT2D eigenvalue weighted by Crippen LogP contribution is 2.48. The number of hydrogen-bond donors (Lipinski definition) is 1. The van der Waals surface area contributed by atoms with Crippen LogP contribution in [-0.2, 0) is 16.8 Å². The topological polar surface area (TPSA) is 46.9 Å². The number of hydrogen-bond acceptors (Lipinski definition) is 2. The molecule has 0 saturated heterocycles. The number of nitrogens with one attached hydrogen (secondary N) is 1. The zero-order chi connectivity index (χ0) is 17.3. The summed E-state index contributed by atoms with van der Waals surface area (Å²) in [6.45, 7) is 0.490. The van der Waals surface area contributed by atoms with Gasteiger partial charge in [-0.2, -0.15) is 5.10 Å². The molecule has 2 aromatic carbocycles. The molecule has 1 aliphatic rings. The number of rotatable bonds is 5. The van der Waals surface area contributed by atoms with Crippen molar-refractivity contribution in [2.75, 3.05) is 0 Å². The van der Waals surface area contributed by atoms with Gasteiger partial charge < -0.3 is 5.32 Å². The minimum Gasteiger partial charge on any atom is -0.351 e. The Kier molecular flexibility index (Phi) is 4.17. The van der Waals surface area contributed by atoms with Crippen molar-refractivity contribution in [1.82, 2.24) is 15.1 Å².